The minimum Gasteiger partial charge on any atom is -0.455 e. The van der Waals surface area contributed by atoms with Crippen molar-refractivity contribution in [1.82, 2.24) is 0 Å². The molecule has 0 saturated carbocycles. The molecule has 0 saturated heterocycles. The summed E-state index contributed by atoms with van der Waals surface area (Å²) in [6.07, 6.45) is 0. The van der Waals surface area contributed by atoms with Gasteiger partial charge in [0.05, 0.1) is 5.69 Å². The zero-order valence-corrected chi connectivity index (χ0v) is 44.2. The smallest absolute Gasteiger partial charge is 0.333 e. The van der Waals surface area contributed by atoms with Crippen molar-refractivity contribution in [2.24, 2.45) is 0 Å². The second kappa shape index (κ2) is 16.5. The molecule has 0 atom stereocenters. The Morgan fingerprint density at radius 2 is 1.04 bits per heavy atom. The summed E-state index contributed by atoms with van der Waals surface area (Å²) in [7, 11) is 0. The van der Waals surface area contributed by atoms with Crippen molar-refractivity contribution in [1.29, 1.82) is 0 Å². The number of rotatable bonds is 5. The fourth-order valence-electron chi connectivity index (χ4n) is 12.4. The lowest BCUT2D eigenvalue weighted by Gasteiger charge is -2.46. The predicted octanol–water partition coefficient (Wildman–Crippen LogP) is 19.0. The standard InChI is InChI=1S/C70H53BN2O2S/c1-69(2,3)45-30-33-47(34-31-45)73-57-41-63-51(49-27-17-19-29-62(49)76-63)37-53(57)65-66-59(38-52-48-26-16-18-28-60(48)74-68(52)65)72(56-35-32-46(70(4,5)6)36-50(56)42-20-10-7-11-21-42)58-39-54-61(40-55(58)71(66)73)75-67(44-24-14-9-15-25-44)64(54)43-22-12-8-13-23-43/h7-41H,1-6H3. The molecule has 0 radical (unpaired) electrons. The zero-order chi connectivity index (χ0) is 51.2. The van der Waals surface area contributed by atoms with E-state index < -0.39 is 0 Å². The van der Waals surface area contributed by atoms with Crippen LogP contribution >= 0.6 is 11.3 Å². The SMILES string of the molecule is CC(C)(C)c1ccc(N2B3c4cc5oc(-c6ccccc6)c(-c6ccccc6)c5cc4N(c4ccc(C(C)(C)C)cc4-c4ccccc4)c4cc5c(oc6ccccc65)c(c43)-c3cc4c(cc32)sc2ccccc24)cc1. The monoisotopic (exact) mass is 996 g/mol. The maximum atomic E-state index is 7.33. The number of hydrogen-bond acceptors (Lipinski definition) is 5. The summed E-state index contributed by atoms with van der Waals surface area (Å²) in [6.45, 7) is 13.5. The van der Waals surface area contributed by atoms with E-state index >= 15 is 0 Å². The van der Waals surface area contributed by atoms with Crippen molar-refractivity contribution in [3.63, 3.8) is 0 Å². The van der Waals surface area contributed by atoms with Crippen molar-refractivity contribution in [3.8, 4) is 44.7 Å². The van der Waals surface area contributed by atoms with Crippen molar-refractivity contribution < 1.29 is 8.83 Å². The van der Waals surface area contributed by atoms with E-state index in [0.717, 1.165) is 106 Å². The van der Waals surface area contributed by atoms with Gasteiger partial charge in [-0.1, -0.05) is 187 Å². The highest BCUT2D eigenvalue weighted by Crippen LogP contribution is 2.55. The third-order valence-electron chi connectivity index (χ3n) is 16.2. The number of fused-ring (bicyclic) bond motifs is 12. The Morgan fingerprint density at radius 1 is 0.408 bits per heavy atom. The molecule has 6 heteroatoms. The summed E-state index contributed by atoms with van der Waals surface area (Å²) in [5, 5.41) is 5.76. The summed E-state index contributed by atoms with van der Waals surface area (Å²) < 4.78 is 17.1. The van der Waals surface area contributed by atoms with Crippen LogP contribution in [0, 0.1) is 0 Å². The van der Waals surface area contributed by atoms with E-state index in [-0.39, 0.29) is 17.7 Å². The van der Waals surface area contributed by atoms with Crippen LogP contribution in [0.2, 0.25) is 0 Å². The third-order valence-corrected chi connectivity index (χ3v) is 17.3. The van der Waals surface area contributed by atoms with E-state index in [1.165, 1.54) is 42.3 Å². The third kappa shape index (κ3) is 6.76. The normalized spacial score (nSPS) is 13.3. The highest BCUT2D eigenvalue weighted by molar-refractivity contribution is 7.25. The van der Waals surface area contributed by atoms with Gasteiger partial charge >= 0.3 is 6.85 Å². The molecule has 76 heavy (non-hydrogen) atoms. The van der Waals surface area contributed by atoms with Gasteiger partial charge in [0.25, 0.3) is 0 Å². The molecular weight excluding hydrogens is 944 g/mol. The van der Waals surface area contributed by atoms with Crippen LogP contribution in [-0.2, 0) is 10.8 Å². The number of anilines is 5. The number of thiophene rings is 1. The van der Waals surface area contributed by atoms with Crippen LogP contribution in [0.15, 0.2) is 221 Å². The first-order valence-corrected chi connectivity index (χ1v) is 27.3. The summed E-state index contributed by atoms with van der Waals surface area (Å²) in [5.74, 6) is 0.855. The maximum Gasteiger partial charge on any atom is 0.333 e. The summed E-state index contributed by atoms with van der Waals surface area (Å²) in [5.41, 5.74) is 20.8. The van der Waals surface area contributed by atoms with E-state index in [9.17, 15) is 0 Å². The van der Waals surface area contributed by atoms with Gasteiger partial charge in [-0.2, -0.15) is 0 Å². The first-order valence-electron chi connectivity index (χ1n) is 26.5. The van der Waals surface area contributed by atoms with Crippen molar-refractivity contribution in [3.05, 3.63) is 223 Å². The molecule has 0 amide bonds. The Hall–Kier alpha value is -8.58. The second-order valence-electron chi connectivity index (χ2n) is 22.8. The number of para-hydroxylation sites is 1. The molecule has 2 aliphatic heterocycles. The summed E-state index contributed by atoms with van der Waals surface area (Å²) >= 11 is 1.87. The Kier molecular flexibility index (Phi) is 9.72. The predicted molar refractivity (Wildman–Crippen MR) is 324 cm³/mol. The topological polar surface area (TPSA) is 32.8 Å². The van der Waals surface area contributed by atoms with Crippen LogP contribution in [0.1, 0.15) is 52.7 Å². The largest absolute Gasteiger partial charge is 0.455 e. The molecular formula is C70H53BN2O2S. The molecule has 0 aliphatic carbocycles. The zero-order valence-electron chi connectivity index (χ0n) is 43.4. The van der Waals surface area contributed by atoms with Crippen LogP contribution in [-0.4, -0.2) is 6.85 Å². The van der Waals surface area contributed by atoms with Gasteiger partial charge in [-0.3, -0.25) is 0 Å². The first kappa shape index (κ1) is 44.9. The lowest BCUT2D eigenvalue weighted by Crippen LogP contribution is -2.61. The average Bonchev–Trinajstić information content (AvgIpc) is 4.26. The van der Waals surface area contributed by atoms with Crippen LogP contribution in [0.4, 0.5) is 28.4 Å². The van der Waals surface area contributed by atoms with Gasteiger partial charge in [0, 0.05) is 86.9 Å². The van der Waals surface area contributed by atoms with Crippen LogP contribution < -0.4 is 20.6 Å². The molecule has 2 aliphatic rings. The molecule has 0 bridgehead atoms. The van der Waals surface area contributed by atoms with E-state index in [0.29, 0.717) is 0 Å². The van der Waals surface area contributed by atoms with E-state index in [1.807, 2.05) is 11.3 Å². The van der Waals surface area contributed by atoms with E-state index in [1.54, 1.807) is 0 Å². The molecule has 0 unspecified atom stereocenters. The van der Waals surface area contributed by atoms with Gasteiger partial charge in [-0.15, -0.1) is 11.3 Å². The maximum absolute atomic E-state index is 7.33. The molecule has 13 aromatic rings. The van der Waals surface area contributed by atoms with Crippen molar-refractivity contribution >= 4 is 111 Å². The van der Waals surface area contributed by atoms with Gasteiger partial charge in [0.2, 0.25) is 0 Å². The number of benzene rings is 10. The highest BCUT2D eigenvalue weighted by atomic mass is 32.1. The number of furan rings is 2. The molecule has 364 valence electrons. The van der Waals surface area contributed by atoms with Gasteiger partial charge in [-0.25, -0.2) is 0 Å². The minimum absolute atomic E-state index is 0.0248. The highest BCUT2D eigenvalue weighted by Gasteiger charge is 2.48. The molecule has 0 spiro atoms. The second-order valence-corrected chi connectivity index (χ2v) is 23.9. The lowest BCUT2D eigenvalue weighted by atomic mass is 9.43. The van der Waals surface area contributed by atoms with Gasteiger partial charge in [0.15, 0.2) is 0 Å². The van der Waals surface area contributed by atoms with E-state index in [2.05, 4.69) is 264 Å². The number of hydrogen-bond donors (Lipinski definition) is 0. The van der Waals surface area contributed by atoms with Crippen molar-refractivity contribution in [2.75, 3.05) is 9.71 Å². The molecule has 10 aromatic carbocycles. The van der Waals surface area contributed by atoms with Crippen molar-refractivity contribution in [2.45, 2.75) is 52.4 Å². The number of nitrogens with zero attached hydrogens (tertiary/aromatic N) is 2. The quantitative estimate of drug-likeness (QED) is 0.161. The molecule has 4 nitrogen and oxygen atoms in total. The fraction of sp³-hybridized carbons (Fsp3) is 0.114. The van der Waals surface area contributed by atoms with Gasteiger partial charge in [0.1, 0.15) is 22.5 Å². The van der Waals surface area contributed by atoms with Crippen LogP contribution in [0.5, 0.6) is 0 Å². The van der Waals surface area contributed by atoms with Gasteiger partial charge < -0.3 is 18.5 Å². The minimum atomic E-state index is -0.308. The van der Waals surface area contributed by atoms with Gasteiger partial charge in [-0.05, 0) is 111 Å². The summed E-state index contributed by atoms with van der Waals surface area (Å²) in [4.78, 5) is 5.22. The van der Waals surface area contributed by atoms with E-state index in [4.69, 9.17) is 8.83 Å². The Balaban J connectivity index is 1.14. The van der Waals surface area contributed by atoms with Crippen LogP contribution in [0.3, 0.4) is 0 Å². The molecule has 0 N–H and O–H groups in total. The first-order chi connectivity index (χ1) is 37.0. The Bertz CT molecular complexity index is 4480. The Morgan fingerprint density at radius 3 is 1.76 bits per heavy atom. The molecule has 5 heterocycles. The molecule has 3 aromatic heterocycles. The molecule has 0 fully saturated rings. The average molecular weight is 997 g/mol. The van der Waals surface area contributed by atoms with Crippen LogP contribution in [0.25, 0.3) is 97.8 Å². The Labute approximate surface area is 447 Å². The molecule has 15 rings (SSSR count). The fourth-order valence-corrected chi connectivity index (χ4v) is 13.5. The summed E-state index contributed by atoms with van der Waals surface area (Å²) in [6, 6.07) is 78.5. The lowest BCUT2D eigenvalue weighted by molar-refractivity contribution is 0.590.